The van der Waals surface area contributed by atoms with Crippen LogP contribution in [0, 0.1) is 0 Å². The van der Waals surface area contributed by atoms with E-state index in [9.17, 15) is 14.4 Å². The number of rotatable bonds is 38. The molecular weight excluding hydrogens is 612 g/mol. The molecule has 3 N–H and O–H groups in total. The Bertz CT molecular complexity index is 828. The van der Waals surface area contributed by atoms with Gasteiger partial charge in [-0.05, 0) is 38.5 Å². The van der Waals surface area contributed by atoms with Gasteiger partial charge in [0.05, 0.1) is 12.2 Å². The van der Waals surface area contributed by atoms with E-state index in [1.165, 1.54) is 135 Å². The van der Waals surface area contributed by atoms with E-state index in [-0.39, 0.29) is 31.3 Å². The molecule has 0 fully saturated rings. The van der Waals surface area contributed by atoms with Crippen LogP contribution in [0.1, 0.15) is 206 Å². The van der Waals surface area contributed by atoms with E-state index in [1.807, 2.05) is 0 Å². The lowest BCUT2D eigenvalue weighted by molar-refractivity contribution is -0.137. The molecule has 0 rings (SSSR count). The van der Waals surface area contributed by atoms with Gasteiger partial charge in [0.2, 0.25) is 11.8 Å². The van der Waals surface area contributed by atoms with Crippen LogP contribution < -0.4 is 10.6 Å². The maximum absolute atomic E-state index is 13.0. The molecule has 0 bridgehead atoms. The van der Waals surface area contributed by atoms with Crippen molar-refractivity contribution in [3.63, 3.8) is 0 Å². The Morgan fingerprint density at radius 1 is 0.592 bits per heavy atom. The molecule has 286 valence electrons. The first-order valence-corrected chi connectivity index (χ1v) is 20.6. The molecule has 7 nitrogen and oxygen atoms in total. The van der Waals surface area contributed by atoms with Crippen LogP contribution >= 0.6 is 0 Å². The van der Waals surface area contributed by atoms with Gasteiger partial charge in [-0.2, -0.15) is 0 Å². The lowest BCUT2D eigenvalue weighted by Gasteiger charge is -2.20. The number of carbonyl (C=O) groups is 3. The van der Waals surface area contributed by atoms with Gasteiger partial charge in [0, 0.05) is 19.4 Å². The Balaban J connectivity index is 4.17. The third-order valence-corrected chi connectivity index (χ3v) is 9.22. The average Bonchev–Trinajstić information content (AvgIpc) is 3.08. The Morgan fingerprint density at radius 2 is 1.02 bits per heavy atom. The Kier molecular flexibility index (Phi) is 35.2. The molecule has 0 aliphatic rings. The van der Waals surface area contributed by atoms with Crippen LogP contribution in [-0.4, -0.2) is 42.1 Å². The predicted molar refractivity (Wildman–Crippen MR) is 207 cm³/mol. The fourth-order valence-corrected chi connectivity index (χ4v) is 5.98. The highest BCUT2D eigenvalue weighted by molar-refractivity contribution is 5.87. The molecule has 1 atom stereocenters. The highest BCUT2D eigenvalue weighted by Gasteiger charge is 2.21. The number of allylic oxidation sites excluding steroid dienone is 3. The van der Waals surface area contributed by atoms with E-state index >= 15 is 0 Å². The summed E-state index contributed by atoms with van der Waals surface area (Å²) in [5.41, 5.74) is 0. The van der Waals surface area contributed by atoms with E-state index in [0.29, 0.717) is 18.7 Å². The smallest absolute Gasteiger partial charge is 0.303 e. The van der Waals surface area contributed by atoms with Crippen LogP contribution in [0.2, 0.25) is 0 Å². The van der Waals surface area contributed by atoms with Crippen LogP contribution in [0.3, 0.4) is 0 Å². The second kappa shape index (κ2) is 37.0. The van der Waals surface area contributed by atoms with Gasteiger partial charge in [-0.15, -0.1) is 0 Å². The first-order chi connectivity index (χ1) is 23.9. The second-order valence-electron chi connectivity index (χ2n) is 14.1. The van der Waals surface area contributed by atoms with Crippen LogP contribution in [0.4, 0.5) is 0 Å². The van der Waals surface area contributed by atoms with Crippen molar-refractivity contribution < 1.29 is 24.2 Å². The molecule has 0 spiro atoms. The SMILES string of the molecule is C=C(CCC(=O)O)OCC(NC(=O)CCCCCCCC=CCCCCCCCC)C(=O)NCCCCCCCCCCCCCCCC. The molecule has 2 amide bonds. The van der Waals surface area contributed by atoms with Crippen molar-refractivity contribution in [2.75, 3.05) is 13.2 Å². The number of carboxylic acid groups (broad SMARTS) is 1. The number of ether oxygens (including phenoxy) is 1. The third-order valence-electron chi connectivity index (χ3n) is 9.22. The lowest BCUT2D eigenvalue weighted by atomic mass is 10.0. The van der Waals surface area contributed by atoms with Crippen molar-refractivity contribution in [2.45, 2.75) is 213 Å². The Morgan fingerprint density at radius 3 is 1.49 bits per heavy atom. The quantitative estimate of drug-likeness (QED) is 0.0340. The third kappa shape index (κ3) is 35.3. The van der Waals surface area contributed by atoms with Gasteiger partial charge >= 0.3 is 5.97 Å². The van der Waals surface area contributed by atoms with Crippen LogP contribution in [0.25, 0.3) is 0 Å². The zero-order chi connectivity index (χ0) is 36.0. The van der Waals surface area contributed by atoms with Gasteiger partial charge in [0.25, 0.3) is 0 Å². The normalized spacial score (nSPS) is 11.9. The molecule has 0 aliphatic heterocycles. The summed E-state index contributed by atoms with van der Waals surface area (Å²) in [5.74, 6) is -1.05. The van der Waals surface area contributed by atoms with Crippen molar-refractivity contribution in [3.8, 4) is 0 Å². The van der Waals surface area contributed by atoms with Gasteiger partial charge in [-0.1, -0.05) is 167 Å². The first-order valence-electron chi connectivity index (χ1n) is 20.6. The van der Waals surface area contributed by atoms with Crippen molar-refractivity contribution in [1.29, 1.82) is 0 Å². The molecule has 0 saturated heterocycles. The molecule has 0 aromatic carbocycles. The second-order valence-corrected chi connectivity index (χ2v) is 14.1. The summed E-state index contributed by atoms with van der Waals surface area (Å²) in [4.78, 5) is 36.6. The summed E-state index contributed by atoms with van der Waals surface area (Å²) in [6, 6.07) is -0.830. The molecule has 0 saturated carbocycles. The predicted octanol–water partition coefficient (Wildman–Crippen LogP) is 11.5. The summed E-state index contributed by atoms with van der Waals surface area (Å²) >= 11 is 0. The standard InChI is InChI=1S/C42H78N2O5/c1-4-6-8-10-12-14-16-18-20-21-23-25-27-29-31-33-40(45)44-39(37-49-38(3)34-35-41(46)47)42(48)43-36-32-30-28-26-24-22-19-17-15-13-11-9-7-5-2/h18,20,39H,3-17,19,21-37H2,1-2H3,(H,43,48)(H,44,45)(H,46,47). The number of carboxylic acids is 1. The number of aliphatic carboxylic acids is 1. The van der Waals surface area contributed by atoms with Crippen molar-refractivity contribution in [2.24, 2.45) is 0 Å². The number of unbranched alkanes of at least 4 members (excludes halogenated alkanes) is 24. The first kappa shape index (κ1) is 46.7. The zero-order valence-electron chi connectivity index (χ0n) is 32.1. The summed E-state index contributed by atoms with van der Waals surface area (Å²) in [6.45, 7) is 8.80. The zero-order valence-corrected chi connectivity index (χ0v) is 32.1. The molecule has 49 heavy (non-hydrogen) atoms. The number of hydrogen-bond acceptors (Lipinski definition) is 4. The van der Waals surface area contributed by atoms with Crippen molar-refractivity contribution >= 4 is 17.8 Å². The van der Waals surface area contributed by atoms with Gasteiger partial charge in [0.15, 0.2) is 0 Å². The van der Waals surface area contributed by atoms with E-state index in [0.717, 1.165) is 38.5 Å². The Hall–Kier alpha value is -2.31. The number of amides is 2. The maximum atomic E-state index is 13.0. The van der Waals surface area contributed by atoms with E-state index in [4.69, 9.17) is 9.84 Å². The van der Waals surface area contributed by atoms with Gasteiger partial charge < -0.3 is 20.5 Å². The van der Waals surface area contributed by atoms with E-state index < -0.39 is 12.0 Å². The summed E-state index contributed by atoms with van der Waals surface area (Å²) in [7, 11) is 0. The largest absolute Gasteiger partial charge is 0.496 e. The minimum absolute atomic E-state index is 0.0544. The van der Waals surface area contributed by atoms with Crippen LogP contribution in [0.5, 0.6) is 0 Å². The van der Waals surface area contributed by atoms with E-state index in [1.54, 1.807) is 0 Å². The summed E-state index contributed by atoms with van der Waals surface area (Å²) < 4.78 is 5.60. The topological polar surface area (TPSA) is 105 Å². The molecule has 0 aromatic heterocycles. The molecule has 0 aromatic rings. The monoisotopic (exact) mass is 691 g/mol. The number of nitrogens with one attached hydrogen (secondary N) is 2. The van der Waals surface area contributed by atoms with Crippen molar-refractivity contribution in [1.82, 2.24) is 10.6 Å². The summed E-state index contributed by atoms with van der Waals surface area (Å²) in [5, 5.41) is 14.7. The molecule has 0 aliphatic carbocycles. The minimum Gasteiger partial charge on any atom is -0.496 e. The highest BCUT2D eigenvalue weighted by atomic mass is 16.5. The fraction of sp³-hybridized carbons (Fsp3) is 0.833. The van der Waals surface area contributed by atoms with Crippen molar-refractivity contribution in [3.05, 3.63) is 24.5 Å². The van der Waals surface area contributed by atoms with E-state index in [2.05, 4.69) is 43.2 Å². The number of carbonyl (C=O) groups excluding carboxylic acids is 2. The van der Waals surface area contributed by atoms with Crippen LogP contribution in [-0.2, 0) is 19.1 Å². The van der Waals surface area contributed by atoms with Gasteiger partial charge in [0.1, 0.15) is 12.6 Å². The van der Waals surface area contributed by atoms with Gasteiger partial charge in [-0.3, -0.25) is 14.4 Å². The fourth-order valence-electron chi connectivity index (χ4n) is 5.98. The highest BCUT2D eigenvalue weighted by Crippen LogP contribution is 2.14. The maximum Gasteiger partial charge on any atom is 0.303 e. The molecule has 0 radical (unpaired) electrons. The molecule has 1 unspecified atom stereocenters. The van der Waals surface area contributed by atoms with Gasteiger partial charge in [-0.25, -0.2) is 0 Å². The lowest BCUT2D eigenvalue weighted by Crippen LogP contribution is -2.49. The number of hydrogen-bond donors (Lipinski definition) is 3. The Labute approximate surface area is 302 Å². The average molecular weight is 691 g/mol. The molecule has 7 heteroatoms. The summed E-state index contributed by atoms with van der Waals surface area (Å²) in [6.07, 6.45) is 38.7. The minimum atomic E-state index is -0.930. The molecular formula is C42H78N2O5. The van der Waals surface area contributed by atoms with Crippen LogP contribution in [0.15, 0.2) is 24.5 Å². The molecule has 0 heterocycles.